The summed E-state index contributed by atoms with van der Waals surface area (Å²) in [4.78, 5) is 27.9. The summed E-state index contributed by atoms with van der Waals surface area (Å²) in [6.45, 7) is 0.847. The number of hydrogen-bond acceptors (Lipinski definition) is 5. The average Bonchev–Trinajstić information content (AvgIpc) is 3.66. The lowest BCUT2D eigenvalue weighted by Crippen LogP contribution is -2.28. The first-order chi connectivity index (χ1) is 14.8. The molecule has 3 heterocycles. The molecule has 0 unspecified atom stereocenters. The molecule has 1 aliphatic heterocycles. The summed E-state index contributed by atoms with van der Waals surface area (Å²) < 4.78 is 0. The zero-order chi connectivity index (χ0) is 20.3. The highest BCUT2D eigenvalue weighted by molar-refractivity contribution is 6.03. The van der Waals surface area contributed by atoms with Crippen LogP contribution in [-0.2, 0) is 0 Å². The molecule has 5 rings (SSSR count). The van der Waals surface area contributed by atoms with Gasteiger partial charge in [-0.15, -0.1) is 0 Å². The van der Waals surface area contributed by atoms with E-state index in [-0.39, 0.29) is 5.91 Å². The highest BCUT2D eigenvalue weighted by atomic mass is 16.1. The Labute approximate surface area is 175 Å². The molecule has 0 atom stereocenters. The van der Waals surface area contributed by atoms with E-state index in [4.69, 9.17) is 0 Å². The van der Waals surface area contributed by atoms with E-state index in [1.165, 1.54) is 12.8 Å². The van der Waals surface area contributed by atoms with Crippen molar-refractivity contribution in [1.29, 1.82) is 0 Å². The zero-order valence-corrected chi connectivity index (χ0v) is 16.4. The van der Waals surface area contributed by atoms with Crippen molar-refractivity contribution in [2.45, 2.75) is 18.9 Å². The number of aliphatic imine (C=N–C) groups is 1. The second-order valence-electron chi connectivity index (χ2n) is 7.53. The van der Waals surface area contributed by atoms with E-state index >= 15 is 0 Å². The Morgan fingerprint density at radius 3 is 2.73 bits per heavy atom. The molecule has 2 aromatic heterocycles. The number of anilines is 1. The van der Waals surface area contributed by atoms with Gasteiger partial charge in [0.05, 0.1) is 6.34 Å². The van der Waals surface area contributed by atoms with Gasteiger partial charge in [0, 0.05) is 48.6 Å². The van der Waals surface area contributed by atoms with Crippen LogP contribution in [0.5, 0.6) is 0 Å². The lowest BCUT2D eigenvalue weighted by Gasteiger charge is -2.23. The third-order valence-corrected chi connectivity index (χ3v) is 5.29. The van der Waals surface area contributed by atoms with E-state index in [1.54, 1.807) is 24.7 Å². The predicted molar refractivity (Wildman–Crippen MR) is 118 cm³/mol. The van der Waals surface area contributed by atoms with Crippen LogP contribution in [0, 0.1) is 0 Å². The van der Waals surface area contributed by atoms with Gasteiger partial charge in [0.1, 0.15) is 5.69 Å². The third kappa shape index (κ3) is 3.98. The number of pyridine rings is 2. The summed E-state index contributed by atoms with van der Waals surface area (Å²) in [7, 11) is 0. The molecular formula is C24H21N5O. The lowest BCUT2D eigenvalue weighted by molar-refractivity contribution is 0.102. The topological polar surface area (TPSA) is 70.5 Å². The van der Waals surface area contributed by atoms with Crippen LogP contribution in [0.4, 0.5) is 5.69 Å². The Kier molecular flexibility index (Phi) is 4.81. The van der Waals surface area contributed by atoms with Crippen molar-refractivity contribution in [2.24, 2.45) is 4.99 Å². The number of nitrogens with zero attached hydrogens (tertiary/aromatic N) is 4. The van der Waals surface area contributed by atoms with Crippen LogP contribution in [0.3, 0.4) is 0 Å². The molecule has 2 aliphatic rings. The van der Waals surface area contributed by atoms with Crippen molar-refractivity contribution in [3.63, 3.8) is 0 Å². The highest BCUT2D eigenvalue weighted by Gasteiger charge is 2.28. The molecule has 1 aliphatic carbocycles. The van der Waals surface area contributed by atoms with Crippen LogP contribution in [0.15, 0.2) is 78.3 Å². The van der Waals surface area contributed by atoms with Crippen molar-refractivity contribution in [3.05, 3.63) is 84.6 Å². The molecule has 1 aromatic carbocycles. The van der Waals surface area contributed by atoms with E-state index in [1.807, 2.05) is 48.9 Å². The van der Waals surface area contributed by atoms with E-state index in [9.17, 15) is 4.79 Å². The Balaban J connectivity index is 1.33. The maximum absolute atomic E-state index is 12.8. The molecule has 0 spiro atoms. The number of carbonyl (C=O) groups is 1. The Hall–Kier alpha value is -3.80. The van der Waals surface area contributed by atoms with Gasteiger partial charge in [-0.1, -0.05) is 18.2 Å². The molecule has 0 bridgehead atoms. The smallest absolute Gasteiger partial charge is 0.274 e. The first-order valence-corrected chi connectivity index (χ1v) is 10.0. The standard InChI is InChI=1S/C24H21N5O/c30-24(23-12-18(8-10-27-23)19-4-2-9-25-13-19)28-21-5-1-3-17(11-21)20-14-26-16-29(15-20)22-6-7-22/h1-5,8-14,16,22H,6-7,15H2,(H,28,30). The zero-order valence-electron chi connectivity index (χ0n) is 16.4. The van der Waals surface area contributed by atoms with Crippen LogP contribution in [0.25, 0.3) is 16.7 Å². The molecule has 30 heavy (non-hydrogen) atoms. The first-order valence-electron chi connectivity index (χ1n) is 10.0. The number of nitrogens with one attached hydrogen (secondary N) is 1. The first kappa shape index (κ1) is 18.2. The van der Waals surface area contributed by atoms with Crippen molar-refractivity contribution >= 4 is 23.5 Å². The third-order valence-electron chi connectivity index (χ3n) is 5.29. The van der Waals surface area contributed by atoms with Crippen molar-refractivity contribution in [2.75, 3.05) is 11.9 Å². The fourth-order valence-electron chi connectivity index (χ4n) is 3.54. The largest absolute Gasteiger partial charge is 0.355 e. The minimum absolute atomic E-state index is 0.242. The van der Waals surface area contributed by atoms with Gasteiger partial charge in [-0.25, -0.2) is 4.99 Å². The molecule has 1 N–H and O–H groups in total. The van der Waals surface area contributed by atoms with Crippen LogP contribution >= 0.6 is 0 Å². The van der Waals surface area contributed by atoms with Gasteiger partial charge < -0.3 is 10.2 Å². The monoisotopic (exact) mass is 395 g/mol. The Morgan fingerprint density at radius 1 is 1.00 bits per heavy atom. The van der Waals surface area contributed by atoms with Crippen molar-refractivity contribution < 1.29 is 4.79 Å². The highest BCUT2D eigenvalue weighted by Crippen LogP contribution is 2.30. The SMILES string of the molecule is O=C(Nc1cccc(C2=CN=CN(C3CC3)C2)c1)c1cc(-c2cccnc2)ccn1. The van der Waals surface area contributed by atoms with E-state index in [0.29, 0.717) is 11.7 Å². The van der Waals surface area contributed by atoms with Crippen LogP contribution in [-0.4, -0.2) is 39.7 Å². The average molecular weight is 395 g/mol. The van der Waals surface area contributed by atoms with Crippen LogP contribution < -0.4 is 5.32 Å². The van der Waals surface area contributed by atoms with Crippen LogP contribution in [0.1, 0.15) is 28.9 Å². The minimum Gasteiger partial charge on any atom is -0.355 e. The second kappa shape index (κ2) is 7.91. The van der Waals surface area contributed by atoms with Crippen molar-refractivity contribution in [1.82, 2.24) is 14.9 Å². The summed E-state index contributed by atoms with van der Waals surface area (Å²) in [5.41, 5.74) is 5.16. The van der Waals surface area contributed by atoms with Crippen LogP contribution in [0.2, 0.25) is 0 Å². The van der Waals surface area contributed by atoms with Gasteiger partial charge in [-0.2, -0.15) is 0 Å². The normalized spacial score (nSPS) is 15.6. The maximum Gasteiger partial charge on any atom is 0.274 e. The summed E-state index contributed by atoms with van der Waals surface area (Å²) in [5.74, 6) is -0.242. The second-order valence-corrected chi connectivity index (χ2v) is 7.53. The molecule has 3 aromatic rings. The van der Waals surface area contributed by atoms with E-state index < -0.39 is 0 Å². The molecule has 148 valence electrons. The molecular weight excluding hydrogens is 374 g/mol. The van der Waals surface area contributed by atoms with Gasteiger partial charge >= 0.3 is 0 Å². The van der Waals surface area contributed by atoms with Gasteiger partial charge in [0.15, 0.2) is 0 Å². The maximum atomic E-state index is 12.8. The summed E-state index contributed by atoms with van der Waals surface area (Å²) in [5, 5.41) is 2.97. The summed E-state index contributed by atoms with van der Waals surface area (Å²) >= 11 is 0. The summed E-state index contributed by atoms with van der Waals surface area (Å²) in [6, 6.07) is 16.0. The number of aromatic nitrogens is 2. The number of rotatable bonds is 5. The Morgan fingerprint density at radius 2 is 1.90 bits per heavy atom. The quantitative estimate of drug-likeness (QED) is 0.701. The fourth-order valence-corrected chi connectivity index (χ4v) is 3.54. The molecule has 1 saturated carbocycles. The lowest BCUT2D eigenvalue weighted by atomic mass is 10.0. The van der Waals surface area contributed by atoms with Crippen molar-refractivity contribution in [3.8, 4) is 11.1 Å². The fraction of sp³-hybridized carbons (Fsp3) is 0.167. The van der Waals surface area contributed by atoms with E-state index in [2.05, 4.69) is 31.2 Å². The minimum atomic E-state index is -0.242. The van der Waals surface area contributed by atoms with Gasteiger partial charge in [-0.05, 0) is 59.9 Å². The number of carbonyl (C=O) groups excluding carboxylic acids is 1. The molecule has 0 radical (unpaired) electrons. The molecule has 0 saturated heterocycles. The molecule has 6 heteroatoms. The van der Waals surface area contributed by atoms with Gasteiger partial charge in [0.25, 0.3) is 5.91 Å². The molecule has 1 fully saturated rings. The number of amides is 1. The number of benzene rings is 1. The Bertz CT molecular complexity index is 1140. The van der Waals surface area contributed by atoms with E-state index in [0.717, 1.165) is 34.5 Å². The molecule has 6 nitrogen and oxygen atoms in total. The predicted octanol–water partition coefficient (Wildman–Crippen LogP) is 4.24. The molecule has 1 amide bonds. The van der Waals surface area contributed by atoms with Gasteiger partial charge in [-0.3, -0.25) is 14.8 Å². The number of hydrogen-bond donors (Lipinski definition) is 1. The summed E-state index contributed by atoms with van der Waals surface area (Å²) in [6.07, 6.45) is 11.4. The van der Waals surface area contributed by atoms with Gasteiger partial charge in [0.2, 0.25) is 0 Å².